The van der Waals surface area contributed by atoms with Gasteiger partial charge in [0, 0.05) is 26.0 Å². The summed E-state index contributed by atoms with van der Waals surface area (Å²) < 4.78 is 0. The number of thioether (sulfide) groups is 1. The van der Waals surface area contributed by atoms with Gasteiger partial charge in [-0.1, -0.05) is 13.0 Å². The number of likely N-dealkylation sites (N-methyl/N-ethyl adjacent to an activating group) is 1. The number of fused-ring (bicyclic) bond motifs is 2. The van der Waals surface area contributed by atoms with Gasteiger partial charge in [0.15, 0.2) is 5.17 Å². The van der Waals surface area contributed by atoms with Gasteiger partial charge in [-0.25, -0.2) is 0 Å². The number of rotatable bonds is 2. The molecule has 8 heteroatoms. The first-order valence-corrected chi connectivity index (χ1v) is 8.98. The Kier molecular flexibility index (Phi) is 4.32. The van der Waals surface area contributed by atoms with Crippen LogP contribution < -0.4 is 10.2 Å². The van der Waals surface area contributed by atoms with Crippen molar-refractivity contribution in [3.8, 4) is 0 Å². The van der Waals surface area contributed by atoms with Crippen LogP contribution in [0.2, 0.25) is 0 Å². The first kappa shape index (κ1) is 17.5. The Morgan fingerprint density at radius 1 is 1.28 bits per heavy atom. The number of amidine groups is 1. The number of benzene rings is 1. The van der Waals surface area contributed by atoms with Crippen LogP contribution in [0, 0.1) is 0 Å². The first-order valence-electron chi connectivity index (χ1n) is 8.16. The molecule has 7 nitrogen and oxygen atoms in total. The number of carbonyl (C=O) groups excluding carboxylic acids is 3. The molecule has 1 aromatic rings. The molecule has 1 spiro atoms. The monoisotopic (exact) mass is 360 g/mol. The Morgan fingerprint density at radius 2 is 2.00 bits per heavy atom. The molecule has 2 aliphatic heterocycles. The lowest BCUT2D eigenvalue weighted by Crippen LogP contribution is -2.48. The summed E-state index contributed by atoms with van der Waals surface area (Å²) in [5, 5.41) is 8.27. The molecule has 0 radical (unpaired) electrons. The third kappa shape index (κ3) is 2.52. The number of amides is 3. The Hall–Kier alpha value is -2.35. The van der Waals surface area contributed by atoms with E-state index in [0.717, 1.165) is 35.0 Å². The number of nitrogens with zero attached hydrogens (tertiary/aromatic N) is 3. The fourth-order valence-electron chi connectivity index (χ4n) is 3.19. The molecule has 0 bridgehead atoms. The maximum atomic E-state index is 13.3. The Bertz CT molecular complexity index is 807. The molecule has 0 aliphatic carbocycles. The van der Waals surface area contributed by atoms with E-state index in [1.54, 1.807) is 4.90 Å². The molecular weight excluding hydrogens is 340 g/mol. The van der Waals surface area contributed by atoms with Crippen molar-refractivity contribution >= 4 is 40.3 Å². The van der Waals surface area contributed by atoms with Gasteiger partial charge in [-0.05, 0) is 42.8 Å². The fraction of sp³-hybridized carbons (Fsp3) is 0.412. The minimum absolute atomic E-state index is 0.220. The number of hydrogen-bond donors (Lipinski definition) is 1. The van der Waals surface area contributed by atoms with E-state index in [1.807, 2.05) is 32.0 Å². The van der Waals surface area contributed by atoms with Crippen LogP contribution >= 0.6 is 11.8 Å². The zero-order valence-electron chi connectivity index (χ0n) is 14.6. The van der Waals surface area contributed by atoms with Gasteiger partial charge < -0.3 is 10.2 Å². The summed E-state index contributed by atoms with van der Waals surface area (Å²) in [6, 6.07) is 5.86. The standard InChI is InChI=1S/C17H20N4O3S/c1-5-12-7-8-14-13(9-12)17(15(24)20(14)6-2)21(11(4)23)19-16(25-17)18-10(3)22/h7-9H,5-6H2,1-4H3,(H,18,19,22)/t17-/m1/s1. The zero-order chi connectivity index (χ0) is 18.4. The maximum Gasteiger partial charge on any atom is 0.270 e. The van der Waals surface area contributed by atoms with E-state index in [2.05, 4.69) is 10.4 Å². The third-order valence-electron chi connectivity index (χ3n) is 4.29. The largest absolute Gasteiger partial charge is 0.309 e. The van der Waals surface area contributed by atoms with Crippen LogP contribution in [0.5, 0.6) is 0 Å². The highest BCUT2D eigenvalue weighted by molar-refractivity contribution is 8.15. The second-order valence-electron chi connectivity index (χ2n) is 5.92. The number of nitrogens with one attached hydrogen (secondary N) is 1. The lowest BCUT2D eigenvalue weighted by molar-refractivity contribution is -0.139. The summed E-state index contributed by atoms with van der Waals surface area (Å²) in [4.78, 5) is 37.3. The molecule has 0 saturated heterocycles. The number of anilines is 1. The molecule has 1 N–H and O–H groups in total. The molecule has 0 aromatic heterocycles. The Morgan fingerprint density at radius 3 is 2.56 bits per heavy atom. The molecule has 1 atom stereocenters. The number of hydrogen-bond acceptors (Lipinski definition) is 5. The Labute approximate surface area is 150 Å². The van der Waals surface area contributed by atoms with Crippen molar-refractivity contribution in [3.05, 3.63) is 29.3 Å². The highest BCUT2D eigenvalue weighted by Gasteiger charge is 2.60. The smallest absolute Gasteiger partial charge is 0.270 e. The van der Waals surface area contributed by atoms with Crippen LogP contribution in [-0.2, 0) is 25.7 Å². The predicted molar refractivity (Wildman–Crippen MR) is 96.9 cm³/mol. The minimum atomic E-state index is -1.29. The number of hydrazone groups is 1. The molecular formula is C17H20N4O3S. The van der Waals surface area contributed by atoms with Gasteiger partial charge in [-0.15, -0.1) is 5.10 Å². The van der Waals surface area contributed by atoms with Crippen molar-refractivity contribution in [1.82, 2.24) is 10.3 Å². The molecule has 0 unspecified atom stereocenters. The molecule has 1 aromatic carbocycles. The fourth-order valence-corrected chi connectivity index (χ4v) is 4.52. The van der Waals surface area contributed by atoms with Gasteiger partial charge >= 0.3 is 0 Å². The topological polar surface area (TPSA) is 82.1 Å². The summed E-state index contributed by atoms with van der Waals surface area (Å²) >= 11 is 1.11. The van der Waals surface area contributed by atoms with Gasteiger partial charge in [-0.3, -0.25) is 14.4 Å². The van der Waals surface area contributed by atoms with Gasteiger partial charge in [0.2, 0.25) is 16.7 Å². The summed E-state index contributed by atoms with van der Waals surface area (Å²) in [5.41, 5.74) is 2.59. The maximum absolute atomic E-state index is 13.3. The highest BCUT2D eigenvalue weighted by atomic mass is 32.2. The average molecular weight is 360 g/mol. The van der Waals surface area contributed by atoms with E-state index in [4.69, 9.17) is 0 Å². The molecule has 2 aliphatic rings. The van der Waals surface area contributed by atoms with E-state index in [-0.39, 0.29) is 22.9 Å². The molecule has 0 saturated carbocycles. The average Bonchev–Trinajstić information content (AvgIpc) is 3.05. The summed E-state index contributed by atoms with van der Waals surface area (Å²) in [5.74, 6) is -0.873. The van der Waals surface area contributed by atoms with Crippen molar-refractivity contribution in [1.29, 1.82) is 0 Å². The summed E-state index contributed by atoms with van der Waals surface area (Å²) in [6.45, 7) is 7.15. The van der Waals surface area contributed by atoms with Crippen molar-refractivity contribution < 1.29 is 14.4 Å². The second-order valence-corrected chi connectivity index (χ2v) is 7.10. The molecule has 3 rings (SSSR count). The van der Waals surface area contributed by atoms with E-state index in [1.165, 1.54) is 18.9 Å². The molecule has 3 amide bonds. The van der Waals surface area contributed by atoms with E-state index >= 15 is 0 Å². The number of carbonyl (C=O) groups is 3. The van der Waals surface area contributed by atoms with Crippen LogP contribution in [0.3, 0.4) is 0 Å². The molecule has 2 heterocycles. The van der Waals surface area contributed by atoms with Gasteiger partial charge in [0.05, 0.1) is 5.69 Å². The van der Waals surface area contributed by atoms with Crippen LogP contribution in [0.15, 0.2) is 23.3 Å². The molecule has 25 heavy (non-hydrogen) atoms. The first-order chi connectivity index (χ1) is 11.8. The number of aryl methyl sites for hydroxylation is 1. The van der Waals surface area contributed by atoms with Gasteiger partial charge in [0.1, 0.15) is 0 Å². The quantitative estimate of drug-likeness (QED) is 0.871. The molecule has 0 fully saturated rings. The predicted octanol–water partition coefficient (Wildman–Crippen LogP) is 1.77. The highest BCUT2D eigenvalue weighted by Crippen LogP contribution is 2.54. The van der Waals surface area contributed by atoms with E-state index in [9.17, 15) is 14.4 Å². The van der Waals surface area contributed by atoms with E-state index in [0.29, 0.717) is 6.54 Å². The van der Waals surface area contributed by atoms with Crippen LogP contribution in [0.4, 0.5) is 5.69 Å². The van der Waals surface area contributed by atoms with Crippen LogP contribution in [-0.4, -0.2) is 34.4 Å². The van der Waals surface area contributed by atoms with Crippen molar-refractivity contribution in [3.63, 3.8) is 0 Å². The van der Waals surface area contributed by atoms with Crippen LogP contribution in [0.1, 0.15) is 38.8 Å². The normalized spacial score (nSPS) is 21.6. The third-order valence-corrected chi connectivity index (χ3v) is 5.53. The second kappa shape index (κ2) is 6.18. The zero-order valence-corrected chi connectivity index (χ0v) is 15.4. The lowest BCUT2D eigenvalue weighted by atomic mass is 10.0. The minimum Gasteiger partial charge on any atom is -0.309 e. The van der Waals surface area contributed by atoms with E-state index < -0.39 is 4.87 Å². The van der Waals surface area contributed by atoms with Crippen molar-refractivity contribution in [2.45, 2.75) is 39.0 Å². The lowest BCUT2D eigenvalue weighted by Gasteiger charge is -2.29. The molecule has 132 valence electrons. The van der Waals surface area contributed by atoms with Crippen molar-refractivity contribution in [2.75, 3.05) is 11.4 Å². The van der Waals surface area contributed by atoms with Gasteiger partial charge in [-0.2, -0.15) is 5.01 Å². The Balaban J connectivity index is 2.19. The van der Waals surface area contributed by atoms with Crippen molar-refractivity contribution in [2.24, 2.45) is 5.10 Å². The van der Waals surface area contributed by atoms with Gasteiger partial charge in [0.25, 0.3) is 5.91 Å². The SMILES string of the molecule is CCc1ccc2c(c1)[C@@]1(SC(NC(C)=O)=NN1C(C)=O)C(=O)N2CC. The summed E-state index contributed by atoms with van der Waals surface area (Å²) in [7, 11) is 0. The van der Waals surface area contributed by atoms with Crippen LogP contribution in [0.25, 0.3) is 0 Å². The summed E-state index contributed by atoms with van der Waals surface area (Å²) in [6.07, 6.45) is 0.813.